The van der Waals surface area contributed by atoms with E-state index in [9.17, 15) is 0 Å². The largest absolute Gasteiger partial charge is 0.353 e. The van der Waals surface area contributed by atoms with Crippen molar-refractivity contribution in [2.45, 2.75) is 58.3 Å². The van der Waals surface area contributed by atoms with E-state index in [0.717, 1.165) is 19.4 Å². The maximum Gasteiger partial charge on any atom is 0.158 e. The Bertz CT molecular complexity index is 126. The molecule has 1 fully saturated rings. The molecule has 1 heterocycles. The molecule has 0 saturated carbocycles. The van der Waals surface area contributed by atoms with E-state index in [1.807, 2.05) is 0 Å². The van der Waals surface area contributed by atoms with Gasteiger partial charge in [-0.2, -0.15) is 0 Å². The molecule has 2 nitrogen and oxygen atoms in total. The van der Waals surface area contributed by atoms with Crippen LogP contribution in [0.25, 0.3) is 0 Å². The van der Waals surface area contributed by atoms with Gasteiger partial charge >= 0.3 is 0 Å². The summed E-state index contributed by atoms with van der Waals surface area (Å²) in [5.41, 5.74) is -0.0258. The molecular formula is C10H20O2. The summed E-state index contributed by atoms with van der Waals surface area (Å²) in [6.45, 7) is 7.24. The monoisotopic (exact) mass is 172 g/mol. The Kier molecular flexibility index (Phi) is 3.53. The molecule has 72 valence electrons. The van der Waals surface area contributed by atoms with Gasteiger partial charge in [0.25, 0.3) is 0 Å². The van der Waals surface area contributed by atoms with E-state index in [1.165, 1.54) is 12.8 Å². The van der Waals surface area contributed by atoms with Crippen molar-refractivity contribution in [1.82, 2.24) is 0 Å². The van der Waals surface area contributed by atoms with Crippen molar-refractivity contribution in [3.05, 3.63) is 0 Å². The Morgan fingerprint density at radius 1 is 1.42 bits per heavy atom. The Labute approximate surface area is 75.2 Å². The van der Waals surface area contributed by atoms with Gasteiger partial charge in [0.1, 0.15) is 0 Å². The highest BCUT2D eigenvalue weighted by Crippen LogP contribution is 2.22. The second-order valence-electron chi connectivity index (χ2n) is 4.03. The van der Waals surface area contributed by atoms with Crippen molar-refractivity contribution in [2.24, 2.45) is 0 Å². The van der Waals surface area contributed by atoms with Gasteiger partial charge in [-0.05, 0) is 39.5 Å². The van der Waals surface area contributed by atoms with Gasteiger partial charge in [0.15, 0.2) is 6.29 Å². The number of ether oxygens (including phenoxy) is 2. The number of hydrogen-bond donors (Lipinski definition) is 0. The van der Waals surface area contributed by atoms with Crippen LogP contribution in [-0.2, 0) is 9.47 Å². The van der Waals surface area contributed by atoms with Crippen LogP contribution in [0.2, 0.25) is 0 Å². The minimum Gasteiger partial charge on any atom is -0.353 e. The first-order valence-electron chi connectivity index (χ1n) is 4.93. The molecule has 0 N–H and O–H groups in total. The molecule has 0 spiro atoms. The molecule has 2 heteroatoms. The fourth-order valence-corrected chi connectivity index (χ4v) is 1.24. The molecule has 0 amide bonds. The maximum atomic E-state index is 5.81. The van der Waals surface area contributed by atoms with Crippen LogP contribution in [0.3, 0.4) is 0 Å². The van der Waals surface area contributed by atoms with Crippen LogP contribution in [0, 0.1) is 0 Å². The summed E-state index contributed by atoms with van der Waals surface area (Å²) in [4.78, 5) is 0. The average Bonchev–Trinajstić information content (AvgIpc) is 2.06. The van der Waals surface area contributed by atoms with Crippen molar-refractivity contribution in [3.63, 3.8) is 0 Å². The summed E-state index contributed by atoms with van der Waals surface area (Å²) in [6, 6.07) is 0. The normalized spacial score (nSPS) is 25.8. The summed E-state index contributed by atoms with van der Waals surface area (Å²) in [7, 11) is 0. The van der Waals surface area contributed by atoms with Crippen molar-refractivity contribution < 1.29 is 9.47 Å². The zero-order valence-electron chi connectivity index (χ0n) is 8.43. The third-order valence-electron chi connectivity index (χ3n) is 2.44. The van der Waals surface area contributed by atoms with Crippen molar-refractivity contribution >= 4 is 0 Å². The molecule has 1 aliphatic heterocycles. The highest BCUT2D eigenvalue weighted by Gasteiger charge is 2.23. The molecule has 0 radical (unpaired) electrons. The molecule has 0 bridgehead atoms. The molecule has 1 atom stereocenters. The lowest BCUT2D eigenvalue weighted by atomic mass is 10.1. The van der Waals surface area contributed by atoms with Crippen LogP contribution < -0.4 is 0 Å². The van der Waals surface area contributed by atoms with Crippen LogP contribution in [0.1, 0.15) is 46.5 Å². The topological polar surface area (TPSA) is 18.5 Å². The molecule has 1 rings (SSSR count). The van der Waals surface area contributed by atoms with Gasteiger partial charge in [0.2, 0.25) is 0 Å². The van der Waals surface area contributed by atoms with Crippen molar-refractivity contribution in [1.29, 1.82) is 0 Å². The lowest BCUT2D eigenvalue weighted by molar-refractivity contribution is -0.215. The SMILES string of the molecule is CCC(C)(C)OC1CCCCO1. The standard InChI is InChI=1S/C10H20O2/c1-4-10(2,3)12-9-7-5-6-8-11-9/h9H,4-8H2,1-3H3. The summed E-state index contributed by atoms with van der Waals surface area (Å²) < 4.78 is 11.3. The van der Waals surface area contributed by atoms with Crippen molar-refractivity contribution in [3.8, 4) is 0 Å². The quantitative estimate of drug-likeness (QED) is 0.651. The third kappa shape index (κ3) is 3.11. The minimum absolute atomic E-state index is 0.0258. The van der Waals surface area contributed by atoms with Gasteiger partial charge in [-0.15, -0.1) is 0 Å². The fourth-order valence-electron chi connectivity index (χ4n) is 1.24. The van der Waals surface area contributed by atoms with Crippen LogP contribution in [0.4, 0.5) is 0 Å². The van der Waals surface area contributed by atoms with E-state index in [1.54, 1.807) is 0 Å². The predicted octanol–water partition coefficient (Wildman–Crippen LogP) is 2.72. The summed E-state index contributed by atoms with van der Waals surface area (Å²) in [6.07, 6.45) is 4.57. The zero-order chi connectivity index (χ0) is 9.03. The molecule has 0 aromatic carbocycles. The molecule has 12 heavy (non-hydrogen) atoms. The lowest BCUT2D eigenvalue weighted by Gasteiger charge is -2.31. The molecule has 1 aliphatic rings. The van der Waals surface area contributed by atoms with Crippen LogP contribution >= 0.6 is 0 Å². The Balaban J connectivity index is 2.28. The third-order valence-corrected chi connectivity index (χ3v) is 2.44. The number of rotatable bonds is 3. The second kappa shape index (κ2) is 4.24. The van der Waals surface area contributed by atoms with Gasteiger partial charge in [-0.1, -0.05) is 6.92 Å². The van der Waals surface area contributed by atoms with Gasteiger partial charge in [-0.25, -0.2) is 0 Å². The summed E-state index contributed by atoms with van der Waals surface area (Å²) in [5.74, 6) is 0. The molecule has 0 aromatic rings. The van der Waals surface area contributed by atoms with E-state index in [2.05, 4.69) is 20.8 Å². The van der Waals surface area contributed by atoms with E-state index in [-0.39, 0.29) is 11.9 Å². The van der Waals surface area contributed by atoms with Crippen LogP contribution in [-0.4, -0.2) is 18.5 Å². The van der Waals surface area contributed by atoms with Crippen molar-refractivity contribution in [2.75, 3.05) is 6.61 Å². The van der Waals surface area contributed by atoms with Gasteiger partial charge in [0.05, 0.1) is 5.60 Å². The summed E-state index contributed by atoms with van der Waals surface area (Å²) >= 11 is 0. The second-order valence-corrected chi connectivity index (χ2v) is 4.03. The Hall–Kier alpha value is -0.0800. The van der Waals surface area contributed by atoms with E-state index >= 15 is 0 Å². The molecule has 0 aromatic heterocycles. The Morgan fingerprint density at radius 3 is 2.67 bits per heavy atom. The lowest BCUT2D eigenvalue weighted by Crippen LogP contribution is -2.33. The Morgan fingerprint density at radius 2 is 2.17 bits per heavy atom. The average molecular weight is 172 g/mol. The predicted molar refractivity (Wildman–Crippen MR) is 49.0 cm³/mol. The number of hydrogen-bond acceptors (Lipinski definition) is 2. The molecule has 1 unspecified atom stereocenters. The van der Waals surface area contributed by atoms with Gasteiger partial charge < -0.3 is 9.47 Å². The first-order chi connectivity index (χ1) is 5.64. The first kappa shape index (κ1) is 10.0. The smallest absolute Gasteiger partial charge is 0.158 e. The molecule has 1 saturated heterocycles. The van der Waals surface area contributed by atoms with E-state index in [4.69, 9.17) is 9.47 Å². The highest BCUT2D eigenvalue weighted by molar-refractivity contribution is 4.67. The zero-order valence-corrected chi connectivity index (χ0v) is 8.43. The van der Waals surface area contributed by atoms with Gasteiger partial charge in [0, 0.05) is 6.61 Å². The minimum atomic E-state index is -0.0258. The summed E-state index contributed by atoms with van der Waals surface area (Å²) in [5, 5.41) is 0. The van der Waals surface area contributed by atoms with Gasteiger partial charge in [-0.3, -0.25) is 0 Å². The van der Waals surface area contributed by atoms with E-state index < -0.39 is 0 Å². The van der Waals surface area contributed by atoms with Crippen LogP contribution in [0.5, 0.6) is 0 Å². The first-order valence-corrected chi connectivity index (χ1v) is 4.93. The highest BCUT2D eigenvalue weighted by atomic mass is 16.7. The van der Waals surface area contributed by atoms with E-state index in [0.29, 0.717) is 0 Å². The molecule has 0 aliphatic carbocycles. The maximum absolute atomic E-state index is 5.81. The van der Waals surface area contributed by atoms with Crippen LogP contribution in [0.15, 0.2) is 0 Å². The fraction of sp³-hybridized carbons (Fsp3) is 1.00. The molecular weight excluding hydrogens is 152 g/mol.